The molecule has 0 atom stereocenters. The number of hydrogen-bond donors (Lipinski definition) is 2. The zero-order valence-electron chi connectivity index (χ0n) is 17.1. The van der Waals surface area contributed by atoms with Gasteiger partial charge in [-0.05, 0) is 49.8 Å². The van der Waals surface area contributed by atoms with Crippen LogP contribution < -0.4 is 15.4 Å². The molecule has 1 aromatic heterocycles. The Morgan fingerprint density at radius 2 is 2.00 bits per heavy atom. The summed E-state index contributed by atoms with van der Waals surface area (Å²) in [6.45, 7) is 1.36. The predicted octanol–water partition coefficient (Wildman–Crippen LogP) is 3.81. The zero-order chi connectivity index (χ0) is 20.9. The highest BCUT2D eigenvalue weighted by molar-refractivity contribution is 7.17. The summed E-state index contributed by atoms with van der Waals surface area (Å²) in [5, 5.41) is 6.60. The van der Waals surface area contributed by atoms with E-state index in [9.17, 15) is 9.59 Å². The number of amides is 2. The second kappa shape index (κ2) is 9.45. The van der Waals surface area contributed by atoms with Gasteiger partial charge in [-0.3, -0.25) is 9.59 Å². The number of carbonyl (C=O) groups excluding carboxylic acids is 2. The van der Waals surface area contributed by atoms with Crippen molar-refractivity contribution in [3.63, 3.8) is 0 Å². The number of hydrogen-bond acceptors (Lipinski definition) is 5. The standard InChI is InChI=1S/C23H26N2O4S/c1-28-12-6-11-24-22(27)20-17-8-3-5-10-19(17)30-23(20)25-21(26)16-13-15-7-2-4-9-18(15)29-14-16/h2,4,7,9,13H,3,5-6,8,10-12,14H2,1H3,(H,24,27)(H,25,26). The average Bonchev–Trinajstić information content (AvgIpc) is 3.14. The van der Waals surface area contributed by atoms with Crippen molar-refractivity contribution in [3.05, 3.63) is 51.4 Å². The molecule has 0 fully saturated rings. The number of nitrogens with one attached hydrogen (secondary N) is 2. The van der Waals surface area contributed by atoms with Gasteiger partial charge in [0.1, 0.15) is 17.4 Å². The van der Waals surface area contributed by atoms with Crippen molar-refractivity contribution in [3.8, 4) is 5.75 Å². The Morgan fingerprint density at radius 3 is 2.87 bits per heavy atom. The van der Waals surface area contributed by atoms with Crippen LogP contribution in [0.3, 0.4) is 0 Å². The van der Waals surface area contributed by atoms with Crippen LogP contribution in [0.5, 0.6) is 5.75 Å². The summed E-state index contributed by atoms with van der Waals surface area (Å²) in [4.78, 5) is 27.1. The molecule has 0 unspecified atom stereocenters. The van der Waals surface area contributed by atoms with Gasteiger partial charge in [0.15, 0.2) is 0 Å². The van der Waals surface area contributed by atoms with Gasteiger partial charge in [0.2, 0.25) is 0 Å². The van der Waals surface area contributed by atoms with E-state index in [1.165, 1.54) is 16.2 Å². The molecule has 6 nitrogen and oxygen atoms in total. The maximum absolute atomic E-state index is 13.0. The topological polar surface area (TPSA) is 76.7 Å². The molecule has 158 valence electrons. The van der Waals surface area contributed by atoms with E-state index in [1.54, 1.807) is 7.11 Å². The minimum atomic E-state index is -0.225. The van der Waals surface area contributed by atoms with Crippen molar-refractivity contribution >= 4 is 34.2 Å². The molecule has 2 amide bonds. The van der Waals surface area contributed by atoms with E-state index < -0.39 is 0 Å². The molecule has 0 spiro atoms. The summed E-state index contributed by atoms with van der Waals surface area (Å²) in [6.07, 6.45) is 6.62. The van der Waals surface area contributed by atoms with Crippen molar-refractivity contribution in [1.82, 2.24) is 5.32 Å². The quantitative estimate of drug-likeness (QED) is 0.660. The van der Waals surface area contributed by atoms with Crippen LogP contribution in [0.2, 0.25) is 0 Å². The third kappa shape index (κ3) is 4.42. The number of ether oxygens (including phenoxy) is 2. The van der Waals surface area contributed by atoms with Gasteiger partial charge in [0.25, 0.3) is 11.8 Å². The van der Waals surface area contributed by atoms with E-state index in [1.807, 2.05) is 30.3 Å². The molecule has 1 aromatic carbocycles. The van der Waals surface area contributed by atoms with Gasteiger partial charge >= 0.3 is 0 Å². The van der Waals surface area contributed by atoms with Gasteiger partial charge in [-0.1, -0.05) is 18.2 Å². The van der Waals surface area contributed by atoms with Gasteiger partial charge in [-0.25, -0.2) is 0 Å². The Labute approximate surface area is 180 Å². The highest BCUT2D eigenvalue weighted by Crippen LogP contribution is 2.38. The molecule has 1 aliphatic heterocycles. The number of fused-ring (bicyclic) bond motifs is 2. The molecule has 0 radical (unpaired) electrons. The first kappa shape index (κ1) is 20.6. The normalized spacial score (nSPS) is 14.8. The van der Waals surface area contributed by atoms with E-state index in [2.05, 4.69) is 10.6 Å². The minimum absolute atomic E-state index is 0.125. The third-order valence-electron chi connectivity index (χ3n) is 5.36. The van der Waals surface area contributed by atoms with Crippen LogP contribution >= 0.6 is 11.3 Å². The fourth-order valence-corrected chi connectivity index (χ4v) is 5.11. The molecule has 0 bridgehead atoms. The Kier molecular flexibility index (Phi) is 6.50. The van der Waals surface area contributed by atoms with Crippen molar-refractivity contribution in [2.75, 3.05) is 32.2 Å². The Hall–Kier alpha value is -2.64. The van der Waals surface area contributed by atoms with E-state index in [4.69, 9.17) is 9.47 Å². The summed E-state index contributed by atoms with van der Waals surface area (Å²) in [7, 11) is 1.65. The fraction of sp³-hybridized carbons (Fsp3) is 0.391. The van der Waals surface area contributed by atoms with E-state index in [-0.39, 0.29) is 18.4 Å². The minimum Gasteiger partial charge on any atom is -0.488 e. The number of methoxy groups -OCH3 is 1. The number of anilines is 1. The lowest BCUT2D eigenvalue weighted by atomic mass is 9.95. The van der Waals surface area contributed by atoms with Crippen LogP contribution in [0.15, 0.2) is 29.8 Å². The second-order valence-electron chi connectivity index (χ2n) is 7.47. The lowest BCUT2D eigenvalue weighted by Crippen LogP contribution is -2.28. The van der Waals surface area contributed by atoms with Crippen LogP contribution in [0.25, 0.3) is 6.08 Å². The van der Waals surface area contributed by atoms with Crippen LogP contribution in [0.4, 0.5) is 5.00 Å². The number of aryl methyl sites for hydroxylation is 1. The zero-order valence-corrected chi connectivity index (χ0v) is 17.9. The predicted molar refractivity (Wildman–Crippen MR) is 118 cm³/mol. The highest BCUT2D eigenvalue weighted by Gasteiger charge is 2.27. The van der Waals surface area contributed by atoms with Crippen molar-refractivity contribution in [1.29, 1.82) is 0 Å². The second-order valence-corrected chi connectivity index (χ2v) is 8.57. The Morgan fingerprint density at radius 1 is 1.17 bits per heavy atom. The molecule has 2 N–H and O–H groups in total. The number of benzene rings is 1. The van der Waals surface area contributed by atoms with Gasteiger partial charge in [-0.2, -0.15) is 0 Å². The Balaban J connectivity index is 1.55. The fourth-order valence-electron chi connectivity index (χ4n) is 3.83. The number of thiophene rings is 1. The van der Waals surface area contributed by atoms with Gasteiger partial charge in [0.05, 0.1) is 11.1 Å². The smallest absolute Gasteiger partial charge is 0.255 e. The van der Waals surface area contributed by atoms with Gasteiger partial charge in [0, 0.05) is 30.7 Å². The van der Waals surface area contributed by atoms with E-state index in [0.29, 0.717) is 29.3 Å². The SMILES string of the molecule is COCCCNC(=O)c1c(NC(=O)C2=Cc3ccccc3OC2)sc2c1CCCC2. The molecule has 1 aliphatic carbocycles. The van der Waals surface area contributed by atoms with Crippen molar-refractivity contribution in [2.24, 2.45) is 0 Å². The average molecular weight is 427 g/mol. The molecule has 4 rings (SSSR count). The molecule has 2 aliphatic rings. The molecular formula is C23H26N2O4S. The van der Waals surface area contributed by atoms with Crippen LogP contribution in [-0.4, -0.2) is 38.7 Å². The first-order chi connectivity index (χ1) is 14.7. The molecule has 0 saturated carbocycles. The molecule has 7 heteroatoms. The largest absolute Gasteiger partial charge is 0.488 e. The van der Waals surface area contributed by atoms with Crippen molar-refractivity contribution < 1.29 is 19.1 Å². The first-order valence-corrected chi connectivity index (χ1v) is 11.1. The summed E-state index contributed by atoms with van der Waals surface area (Å²) in [6, 6.07) is 7.63. The molecule has 2 heterocycles. The Bertz CT molecular complexity index is 980. The number of carbonyl (C=O) groups is 2. The van der Waals surface area contributed by atoms with E-state index >= 15 is 0 Å². The maximum Gasteiger partial charge on any atom is 0.255 e. The van der Waals surface area contributed by atoms with E-state index in [0.717, 1.165) is 49.0 Å². The van der Waals surface area contributed by atoms with Gasteiger partial charge < -0.3 is 20.1 Å². The van der Waals surface area contributed by atoms with Crippen LogP contribution in [0, 0.1) is 0 Å². The molecule has 0 saturated heterocycles. The highest BCUT2D eigenvalue weighted by atomic mass is 32.1. The van der Waals surface area contributed by atoms with Crippen molar-refractivity contribution in [2.45, 2.75) is 32.1 Å². The van der Waals surface area contributed by atoms with Crippen LogP contribution in [0.1, 0.15) is 45.6 Å². The first-order valence-electron chi connectivity index (χ1n) is 10.3. The molecule has 30 heavy (non-hydrogen) atoms. The lowest BCUT2D eigenvalue weighted by Gasteiger charge is -2.17. The van der Waals surface area contributed by atoms with Gasteiger partial charge in [-0.15, -0.1) is 11.3 Å². The summed E-state index contributed by atoms with van der Waals surface area (Å²) in [5.74, 6) is 0.424. The third-order valence-corrected chi connectivity index (χ3v) is 6.57. The van der Waals surface area contributed by atoms with Crippen LogP contribution in [-0.2, 0) is 22.4 Å². The molecular weight excluding hydrogens is 400 g/mol. The summed E-state index contributed by atoms with van der Waals surface area (Å²) in [5.41, 5.74) is 3.14. The summed E-state index contributed by atoms with van der Waals surface area (Å²) < 4.78 is 10.8. The lowest BCUT2D eigenvalue weighted by molar-refractivity contribution is -0.113. The monoisotopic (exact) mass is 426 g/mol. The molecule has 2 aromatic rings. The summed E-state index contributed by atoms with van der Waals surface area (Å²) >= 11 is 1.53. The number of para-hydroxylation sites is 1. The maximum atomic E-state index is 13.0. The number of rotatable bonds is 7.